The van der Waals surface area contributed by atoms with Crippen LogP contribution in [-0.2, 0) is 6.42 Å². The van der Waals surface area contributed by atoms with Crippen LogP contribution >= 0.6 is 0 Å². The monoisotopic (exact) mass is 137 g/mol. The van der Waals surface area contributed by atoms with Crippen molar-refractivity contribution in [1.29, 1.82) is 0 Å². The molecule has 0 nitrogen and oxygen atoms in total. The van der Waals surface area contributed by atoms with Crippen molar-refractivity contribution in [2.75, 3.05) is 0 Å². The van der Waals surface area contributed by atoms with Crippen molar-refractivity contribution in [2.45, 2.75) is 13.3 Å². The minimum absolute atomic E-state index is 0.206. The molecule has 0 fully saturated rings. The van der Waals surface area contributed by atoms with Gasteiger partial charge in [-0.3, -0.25) is 0 Å². The van der Waals surface area contributed by atoms with E-state index in [-0.39, 0.29) is 5.82 Å². The van der Waals surface area contributed by atoms with Gasteiger partial charge in [0, 0.05) is 0 Å². The Hall–Kier alpha value is -0.850. The Kier molecular flexibility index (Phi) is 2.05. The van der Waals surface area contributed by atoms with Gasteiger partial charge in [-0.15, -0.1) is 0 Å². The van der Waals surface area contributed by atoms with Crippen LogP contribution in [0.1, 0.15) is 18.1 Å². The van der Waals surface area contributed by atoms with Crippen molar-refractivity contribution in [1.82, 2.24) is 0 Å². The first-order chi connectivity index (χ1) is 4.74. The van der Waals surface area contributed by atoms with E-state index < -0.39 is 0 Å². The van der Waals surface area contributed by atoms with Crippen molar-refractivity contribution >= 4 is 0 Å². The first-order valence-corrected chi connectivity index (χ1v) is 3.34. The van der Waals surface area contributed by atoms with Gasteiger partial charge in [-0.1, -0.05) is 13.0 Å². The normalized spacial score (nSPS) is 9.90. The highest BCUT2D eigenvalue weighted by atomic mass is 19.1. The van der Waals surface area contributed by atoms with E-state index in [2.05, 4.69) is 6.92 Å². The molecule has 53 valence electrons. The van der Waals surface area contributed by atoms with E-state index in [9.17, 15) is 4.39 Å². The predicted octanol–water partition coefficient (Wildman–Crippen LogP) is 2.57. The van der Waals surface area contributed by atoms with Crippen LogP contribution in [0.3, 0.4) is 0 Å². The zero-order chi connectivity index (χ0) is 7.56. The molecule has 1 heteroatoms. The summed E-state index contributed by atoms with van der Waals surface area (Å²) >= 11 is 0. The van der Waals surface area contributed by atoms with E-state index in [4.69, 9.17) is 0 Å². The molecule has 10 heavy (non-hydrogen) atoms. The first kappa shape index (κ1) is 7.26. The summed E-state index contributed by atoms with van der Waals surface area (Å²) < 4.78 is 12.4. The summed E-state index contributed by atoms with van der Waals surface area (Å²) in [5.74, 6) is -0.206. The Balaban J connectivity index is 3.07. The van der Waals surface area contributed by atoms with Gasteiger partial charge in [-0.05, 0) is 36.6 Å². The summed E-state index contributed by atoms with van der Waals surface area (Å²) in [4.78, 5) is 0. The zero-order valence-electron chi connectivity index (χ0n) is 6.02. The summed E-state index contributed by atoms with van der Waals surface area (Å²) in [5.41, 5.74) is 1.91. The van der Waals surface area contributed by atoms with Crippen molar-refractivity contribution in [3.05, 3.63) is 42.1 Å². The SMILES string of the molecule is [CH2]c1cc(F)ccc1CC. The molecule has 0 N–H and O–H groups in total. The maximum absolute atomic E-state index is 12.4. The molecule has 0 aliphatic rings. The molecule has 0 heterocycles. The maximum atomic E-state index is 12.4. The second-order valence-electron chi connectivity index (χ2n) is 2.27. The summed E-state index contributed by atoms with van der Waals surface area (Å²) in [7, 11) is 0. The Labute approximate surface area is 60.7 Å². The topological polar surface area (TPSA) is 0 Å². The average molecular weight is 137 g/mol. The highest BCUT2D eigenvalue weighted by molar-refractivity contribution is 5.29. The average Bonchev–Trinajstić information content (AvgIpc) is 1.88. The lowest BCUT2D eigenvalue weighted by molar-refractivity contribution is 0.626. The molecule has 0 amide bonds. The molecule has 0 bridgehead atoms. The minimum Gasteiger partial charge on any atom is -0.207 e. The van der Waals surface area contributed by atoms with Crippen LogP contribution in [0, 0.1) is 12.7 Å². The van der Waals surface area contributed by atoms with E-state index in [1.54, 1.807) is 6.07 Å². The highest BCUT2D eigenvalue weighted by Crippen LogP contribution is 2.09. The number of aryl methyl sites for hydroxylation is 1. The molecule has 1 aromatic carbocycles. The molecule has 0 spiro atoms. The summed E-state index contributed by atoms with van der Waals surface area (Å²) in [6.45, 7) is 5.74. The Bertz CT molecular complexity index is 228. The van der Waals surface area contributed by atoms with Crippen LogP contribution < -0.4 is 0 Å². The van der Waals surface area contributed by atoms with Crippen LogP contribution in [0.25, 0.3) is 0 Å². The van der Waals surface area contributed by atoms with Gasteiger partial charge in [0.2, 0.25) is 0 Å². The van der Waals surface area contributed by atoms with Crippen LogP contribution in [-0.4, -0.2) is 0 Å². The smallest absolute Gasteiger partial charge is 0.123 e. The van der Waals surface area contributed by atoms with E-state index in [0.29, 0.717) is 0 Å². The van der Waals surface area contributed by atoms with Crippen LogP contribution in [0.15, 0.2) is 18.2 Å². The molecule has 1 rings (SSSR count). The van der Waals surface area contributed by atoms with E-state index in [1.165, 1.54) is 12.1 Å². The maximum Gasteiger partial charge on any atom is 0.123 e. The third-order valence-corrected chi connectivity index (χ3v) is 1.55. The molecule has 1 aromatic rings. The summed E-state index contributed by atoms with van der Waals surface area (Å²) in [5, 5.41) is 0. The highest BCUT2D eigenvalue weighted by Gasteiger charge is 1.95. The number of benzene rings is 1. The lowest BCUT2D eigenvalue weighted by atomic mass is 10.1. The number of halogens is 1. The zero-order valence-corrected chi connectivity index (χ0v) is 6.02. The van der Waals surface area contributed by atoms with E-state index >= 15 is 0 Å². The Morgan fingerprint density at radius 1 is 1.50 bits per heavy atom. The Morgan fingerprint density at radius 3 is 2.70 bits per heavy atom. The number of hydrogen-bond acceptors (Lipinski definition) is 0. The summed E-state index contributed by atoms with van der Waals surface area (Å²) in [6.07, 6.45) is 0.916. The van der Waals surface area contributed by atoms with Gasteiger partial charge in [-0.2, -0.15) is 0 Å². The second kappa shape index (κ2) is 2.82. The summed E-state index contributed by atoms with van der Waals surface area (Å²) in [6, 6.07) is 4.70. The van der Waals surface area contributed by atoms with Crippen LogP contribution in [0.4, 0.5) is 4.39 Å². The van der Waals surface area contributed by atoms with Crippen molar-refractivity contribution in [3.63, 3.8) is 0 Å². The quantitative estimate of drug-likeness (QED) is 0.558. The van der Waals surface area contributed by atoms with Gasteiger partial charge < -0.3 is 0 Å². The lowest BCUT2D eigenvalue weighted by Crippen LogP contribution is -1.86. The largest absolute Gasteiger partial charge is 0.207 e. The third kappa shape index (κ3) is 1.35. The fourth-order valence-corrected chi connectivity index (χ4v) is 0.939. The molecular weight excluding hydrogens is 127 g/mol. The van der Waals surface area contributed by atoms with Gasteiger partial charge in [0.1, 0.15) is 5.82 Å². The molecule has 0 atom stereocenters. The number of rotatable bonds is 1. The van der Waals surface area contributed by atoms with Gasteiger partial charge in [0.05, 0.1) is 0 Å². The molecule has 0 unspecified atom stereocenters. The third-order valence-electron chi connectivity index (χ3n) is 1.55. The van der Waals surface area contributed by atoms with Gasteiger partial charge in [0.25, 0.3) is 0 Å². The van der Waals surface area contributed by atoms with Gasteiger partial charge >= 0.3 is 0 Å². The molecule has 1 radical (unpaired) electrons. The minimum atomic E-state index is -0.206. The molecule has 0 aliphatic carbocycles. The predicted molar refractivity (Wildman–Crippen MR) is 40.2 cm³/mol. The van der Waals surface area contributed by atoms with Gasteiger partial charge in [0.15, 0.2) is 0 Å². The van der Waals surface area contributed by atoms with E-state index in [0.717, 1.165) is 17.5 Å². The van der Waals surface area contributed by atoms with Crippen LogP contribution in [0.2, 0.25) is 0 Å². The number of hydrogen-bond donors (Lipinski definition) is 0. The molecule has 0 aromatic heterocycles. The molecule has 0 saturated heterocycles. The molecule has 0 aliphatic heterocycles. The Morgan fingerprint density at radius 2 is 2.20 bits per heavy atom. The fraction of sp³-hybridized carbons (Fsp3) is 0.222. The van der Waals surface area contributed by atoms with Crippen LogP contribution in [0.5, 0.6) is 0 Å². The van der Waals surface area contributed by atoms with Crippen molar-refractivity contribution < 1.29 is 4.39 Å². The van der Waals surface area contributed by atoms with Crippen molar-refractivity contribution in [3.8, 4) is 0 Å². The second-order valence-corrected chi connectivity index (χ2v) is 2.27. The first-order valence-electron chi connectivity index (χ1n) is 3.34. The standard InChI is InChI=1S/C9H10F/c1-3-8-4-5-9(10)6-7(8)2/h4-6H,2-3H2,1H3. The van der Waals surface area contributed by atoms with Crippen molar-refractivity contribution in [2.24, 2.45) is 0 Å². The lowest BCUT2D eigenvalue weighted by Gasteiger charge is -2.00. The van der Waals surface area contributed by atoms with E-state index in [1.807, 2.05) is 6.92 Å². The molecular formula is C9H10F. The van der Waals surface area contributed by atoms with Gasteiger partial charge in [-0.25, -0.2) is 4.39 Å². The molecule has 0 saturated carbocycles. The fourth-order valence-electron chi connectivity index (χ4n) is 0.939.